The smallest absolute Gasteiger partial charge is 0.228 e. The Labute approximate surface area is 119 Å². The summed E-state index contributed by atoms with van der Waals surface area (Å²) in [6, 6.07) is 11.1. The van der Waals surface area contributed by atoms with E-state index in [1.165, 1.54) is 5.56 Å². The first-order valence-electron chi connectivity index (χ1n) is 6.64. The summed E-state index contributed by atoms with van der Waals surface area (Å²) in [5.74, 6) is 0.899. The van der Waals surface area contributed by atoms with Crippen molar-refractivity contribution in [2.24, 2.45) is 0 Å². The lowest BCUT2D eigenvalue weighted by molar-refractivity contribution is 0.1000. The zero-order valence-electron chi connectivity index (χ0n) is 12.4. The molecule has 0 N–H and O–H groups in total. The SMILES string of the molecule is COCc1ccc(C(=O)c2ccc(C(C)(C)C)cc2)o1. The number of furan rings is 1. The van der Waals surface area contributed by atoms with Crippen LogP contribution in [0, 0.1) is 0 Å². The molecule has 0 spiro atoms. The van der Waals surface area contributed by atoms with Crippen molar-refractivity contribution in [2.75, 3.05) is 7.11 Å². The number of benzene rings is 1. The third-order valence-electron chi connectivity index (χ3n) is 3.19. The molecule has 106 valence electrons. The van der Waals surface area contributed by atoms with Crippen LogP contribution in [-0.2, 0) is 16.8 Å². The zero-order valence-corrected chi connectivity index (χ0v) is 12.4. The molecule has 0 amide bonds. The van der Waals surface area contributed by atoms with Crippen molar-refractivity contribution in [1.29, 1.82) is 0 Å². The average Bonchev–Trinajstić information content (AvgIpc) is 2.86. The molecule has 1 aromatic carbocycles. The summed E-state index contributed by atoms with van der Waals surface area (Å²) in [4.78, 5) is 12.3. The molecule has 0 aliphatic carbocycles. The minimum absolute atomic E-state index is 0.0812. The quantitative estimate of drug-likeness (QED) is 0.791. The summed E-state index contributed by atoms with van der Waals surface area (Å²) in [6.45, 7) is 6.81. The van der Waals surface area contributed by atoms with Crippen molar-refractivity contribution < 1.29 is 13.9 Å². The number of methoxy groups -OCH3 is 1. The van der Waals surface area contributed by atoms with Gasteiger partial charge in [0.25, 0.3) is 0 Å². The van der Waals surface area contributed by atoms with E-state index in [-0.39, 0.29) is 11.2 Å². The van der Waals surface area contributed by atoms with E-state index in [4.69, 9.17) is 9.15 Å². The van der Waals surface area contributed by atoms with Crippen LogP contribution in [0.15, 0.2) is 40.8 Å². The van der Waals surface area contributed by atoms with E-state index in [0.717, 1.165) is 0 Å². The van der Waals surface area contributed by atoms with Crippen molar-refractivity contribution in [2.45, 2.75) is 32.8 Å². The van der Waals surface area contributed by atoms with Crippen LogP contribution in [0.25, 0.3) is 0 Å². The van der Waals surface area contributed by atoms with Gasteiger partial charge in [-0.25, -0.2) is 0 Å². The number of ether oxygens (including phenoxy) is 1. The lowest BCUT2D eigenvalue weighted by atomic mass is 9.86. The highest BCUT2D eigenvalue weighted by molar-refractivity contribution is 6.07. The molecule has 0 aliphatic heterocycles. The molecule has 0 atom stereocenters. The Morgan fingerprint density at radius 3 is 2.30 bits per heavy atom. The van der Waals surface area contributed by atoms with E-state index in [1.54, 1.807) is 19.2 Å². The molecule has 3 nitrogen and oxygen atoms in total. The van der Waals surface area contributed by atoms with Gasteiger partial charge in [0.15, 0.2) is 5.76 Å². The molecule has 3 heteroatoms. The van der Waals surface area contributed by atoms with Crippen molar-refractivity contribution in [3.63, 3.8) is 0 Å². The van der Waals surface area contributed by atoms with E-state index in [0.29, 0.717) is 23.7 Å². The van der Waals surface area contributed by atoms with Crippen LogP contribution in [0.2, 0.25) is 0 Å². The minimum atomic E-state index is -0.104. The van der Waals surface area contributed by atoms with Gasteiger partial charge in [0.05, 0.1) is 0 Å². The van der Waals surface area contributed by atoms with Gasteiger partial charge in [-0.15, -0.1) is 0 Å². The summed E-state index contributed by atoms with van der Waals surface area (Å²) in [6.07, 6.45) is 0. The first-order valence-corrected chi connectivity index (χ1v) is 6.64. The van der Waals surface area contributed by atoms with Crippen LogP contribution in [0.5, 0.6) is 0 Å². The Morgan fingerprint density at radius 1 is 1.10 bits per heavy atom. The molecule has 0 saturated heterocycles. The largest absolute Gasteiger partial charge is 0.455 e. The summed E-state index contributed by atoms with van der Waals surface area (Å²) in [5.41, 5.74) is 1.92. The Morgan fingerprint density at radius 2 is 1.75 bits per heavy atom. The van der Waals surface area contributed by atoms with Gasteiger partial charge in [0.1, 0.15) is 12.4 Å². The van der Waals surface area contributed by atoms with Gasteiger partial charge in [-0.05, 0) is 23.1 Å². The predicted octanol–water partition coefficient (Wildman–Crippen LogP) is 3.95. The van der Waals surface area contributed by atoms with Crippen LogP contribution in [0.3, 0.4) is 0 Å². The molecule has 0 saturated carbocycles. The third-order valence-corrected chi connectivity index (χ3v) is 3.19. The van der Waals surface area contributed by atoms with Gasteiger partial charge in [-0.2, -0.15) is 0 Å². The summed E-state index contributed by atoms with van der Waals surface area (Å²) >= 11 is 0. The van der Waals surface area contributed by atoms with Crippen LogP contribution < -0.4 is 0 Å². The van der Waals surface area contributed by atoms with E-state index in [2.05, 4.69) is 20.8 Å². The number of carbonyl (C=O) groups is 1. The average molecular weight is 272 g/mol. The maximum absolute atomic E-state index is 12.3. The fourth-order valence-electron chi connectivity index (χ4n) is 1.98. The normalized spacial score (nSPS) is 11.6. The molecule has 0 fully saturated rings. The Kier molecular flexibility index (Phi) is 4.09. The highest BCUT2D eigenvalue weighted by atomic mass is 16.5. The number of rotatable bonds is 4. The molecule has 2 rings (SSSR count). The molecule has 20 heavy (non-hydrogen) atoms. The zero-order chi connectivity index (χ0) is 14.8. The molecule has 0 bridgehead atoms. The Balaban J connectivity index is 2.20. The number of hydrogen-bond donors (Lipinski definition) is 0. The number of carbonyl (C=O) groups excluding carboxylic acids is 1. The lowest BCUT2D eigenvalue weighted by Gasteiger charge is -2.18. The fourth-order valence-corrected chi connectivity index (χ4v) is 1.98. The summed E-state index contributed by atoms with van der Waals surface area (Å²) in [5, 5.41) is 0. The Bertz CT molecular complexity index is 585. The summed E-state index contributed by atoms with van der Waals surface area (Å²) < 4.78 is 10.4. The maximum Gasteiger partial charge on any atom is 0.228 e. The molecule has 0 aliphatic rings. The first kappa shape index (κ1) is 14.5. The van der Waals surface area contributed by atoms with Crippen LogP contribution in [-0.4, -0.2) is 12.9 Å². The van der Waals surface area contributed by atoms with Gasteiger partial charge in [-0.3, -0.25) is 4.79 Å². The van der Waals surface area contributed by atoms with Crippen LogP contribution in [0.1, 0.15) is 48.2 Å². The van der Waals surface area contributed by atoms with E-state index in [1.807, 2.05) is 24.3 Å². The predicted molar refractivity (Wildman–Crippen MR) is 78.0 cm³/mol. The van der Waals surface area contributed by atoms with Crippen molar-refractivity contribution >= 4 is 5.78 Å². The molecule has 1 aromatic heterocycles. The lowest BCUT2D eigenvalue weighted by Crippen LogP contribution is -2.11. The molecule has 2 aromatic rings. The van der Waals surface area contributed by atoms with Gasteiger partial charge in [-0.1, -0.05) is 45.0 Å². The fraction of sp³-hybridized carbons (Fsp3) is 0.353. The second-order valence-corrected chi connectivity index (χ2v) is 5.86. The topological polar surface area (TPSA) is 39.4 Å². The number of hydrogen-bond acceptors (Lipinski definition) is 3. The van der Waals surface area contributed by atoms with E-state index >= 15 is 0 Å². The molecule has 0 unspecified atom stereocenters. The standard InChI is InChI=1S/C17H20O3/c1-17(2,3)13-7-5-12(6-8-13)16(18)15-10-9-14(20-15)11-19-4/h5-10H,11H2,1-4H3. The highest BCUT2D eigenvalue weighted by Gasteiger charge is 2.16. The van der Waals surface area contributed by atoms with E-state index in [9.17, 15) is 4.79 Å². The highest BCUT2D eigenvalue weighted by Crippen LogP contribution is 2.23. The monoisotopic (exact) mass is 272 g/mol. The molecular formula is C17H20O3. The third kappa shape index (κ3) is 3.17. The van der Waals surface area contributed by atoms with Crippen molar-refractivity contribution in [3.05, 3.63) is 59.0 Å². The first-order chi connectivity index (χ1) is 9.41. The van der Waals surface area contributed by atoms with Gasteiger partial charge in [0.2, 0.25) is 5.78 Å². The van der Waals surface area contributed by atoms with Crippen molar-refractivity contribution in [3.8, 4) is 0 Å². The molecular weight excluding hydrogens is 252 g/mol. The van der Waals surface area contributed by atoms with Gasteiger partial charge < -0.3 is 9.15 Å². The maximum atomic E-state index is 12.3. The van der Waals surface area contributed by atoms with E-state index < -0.39 is 0 Å². The van der Waals surface area contributed by atoms with Gasteiger partial charge in [0, 0.05) is 12.7 Å². The Hall–Kier alpha value is -1.87. The summed E-state index contributed by atoms with van der Waals surface area (Å²) in [7, 11) is 1.59. The second kappa shape index (κ2) is 5.63. The second-order valence-electron chi connectivity index (χ2n) is 5.86. The van der Waals surface area contributed by atoms with Crippen LogP contribution in [0.4, 0.5) is 0 Å². The minimum Gasteiger partial charge on any atom is -0.455 e. The molecule has 1 heterocycles. The van der Waals surface area contributed by atoms with Gasteiger partial charge >= 0.3 is 0 Å². The molecule has 0 radical (unpaired) electrons. The van der Waals surface area contributed by atoms with Crippen LogP contribution >= 0.6 is 0 Å². The van der Waals surface area contributed by atoms with Crippen molar-refractivity contribution in [1.82, 2.24) is 0 Å². The number of ketones is 1.